The number of benzene rings is 2. The second-order valence-corrected chi connectivity index (χ2v) is 8.64. The number of para-hydroxylation sites is 1. The number of rotatable bonds is 4. The van der Waals surface area contributed by atoms with Crippen molar-refractivity contribution in [2.75, 3.05) is 5.32 Å². The summed E-state index contributed by atoms with van der Waals surface area (Å²) in [6.07, 6.45) is 12.2. The molecule has 132 valence electrons. The van der Waals surface area contributed by atoms with Crippen LogP contribution in [0.5, 0.6) is 5.75 Å². The SMILES string of the molecule is CC1=C/C=C\C=C/C([I-]c2ccc(NC(=O)Oc3ccccc3)cc2)=C\1. The van der Waals surface area contributed by atoms with Gasteiger partial charge >= 0.3 is 164 Å². The van der Waals surface area contributed by atoms with Crippen LogP contribution >= 0.6 is 0 Å². The maximum absolute atomic E-state index is 11.9. The van der Waals surface area contributed by atoms with Gasteiger partial charge in [-0.1, -0.05) is 0 Å². The number of halogens is 1. The molecule has 3 nitrogen and oxygen atoms in total. The van der Waals surface area contributed by atoms with Crippen LogP contribution in [0, 0.1) is 3.57 Å². The van der Waals surface area contributed by atoms with Crippen LogP contribution in [0.15, 0.2) is 100 Å². The summed E-state index contributed by atoms with van der Waals surface area (Å²) in [5.41, 5.74) is 1.97. The van der Waals surface area contributed by atoms with Gasteiger partial charge in [-0.2, -0.15) is 0 Å². The van der Waals surface area contributed by atoms with Gasteiger partial charge in [-0.3, -0.25) is 0 Å². The molecule has 0 atom stereocenters. The van der Waals surface area contributed by atoms with Crippen molar-refractivity contribution in [3.63, 3.8) is 0 Å². The summed E-state index contributed by atoms with van der Waals surface area (Å²) in [6.45, 7) is 2.11. The zero-order valence-electron chi connectivity index (χ0n) is 14.4. The number of nitrogens with one attached hydrogen (secondary N) is 1. The zero-order valence-corrected chi connectivity index (χ0v) is 16.5. The molecule has 0 unspecified atom stereocenters. The van der Waals surface area contributed by atoms with Crippen LogP contribution < -0.4 is 31.3 Å². The molecular weight excluding hydrogens is 437 g/mol. The molecule has 1 amide bonds. The first-order valence-electron chi connectivity index (χ1n) is 8.21. The van der Waals surface area contributed by atoms with Crippen molar-refractivity contribution in [1.29, 1.82) is 0 Å². The standard InChI is InChI=1S/C22H19INO2/c1-17-8-4-2-5-9-19(16-17)23-18-12-14-20(15-13-18)24-22(25)26-21-10-6-3-7-11-21/h2-16H,1H3,(H,24,25)/q-1/b4-2-,5-2?,8-4?,9-5-,17-8-,17-16?,19-9?,19-16+. The molecule has 0 saturated carbocycles. The van der Waals surface area contributed by atoms with Crippen LogP contribution in [0.3, 0.4) is 0 Å². The first-order chi connectivity index (χ1) is 12.7. The molecule has 1 N–H and O–H groups in total. The van der Waals surface area contributed by atoms with E-state index in [1.807, 2.05) is 42.5 Å². The zero-order chi connectivity index (χ0) is 18.2. The molecule has 0 aromatic heterocycles. The number of hydrogen-bond donors (Lipinski definition) is 1. The summed E-state index contributed by atoms with van der Waals surface area (Å²) in [6, 6.07) is 17.0. The predicted molar refractivity (Wildman–Crippen MR) is 101 cm³/mol. The summed E-state index contributed by atoms with van der Waals surface area (Å²) < 4.78 is 7.88. The van der Waals surface area contributed by atoms with E-state index in [9.17, 15) is 4.79 Å². The van der Waals surface area contributed by atoms with Gasteiger partial charge in [-0.05, 0) is 0 Å². The molecule has 26 heavy (non-hydrogen) atoms. The van der Waals surface area contributed by atoms with Crippen molar-refractivity contribution in [2.24, 2.45) is 0 Å². The maximum atomic E-state index is 11.9. The Morgan fingerprint density at radius 2 is 1.73 bits per heavy atom. The third-order valence-corrected chi connectivity index (χ3v) is 6.10. The predicted octanol–water partition coefficient (Wildman–Crippen LogP) is 2.51. The molecular formula is C22H19INO2-. The number of ether oxygens (including phenoxy) is 1. The Morgan fingerprint density at radius 1 is 0.962 bits per heavy atom. The van der Waals surface area contributed by atoms with Crippen molar-refractivity contribution in [2.45, 2.75) is 6.92 Å². The Labute approximate surface area is 164 Å². The Balaban J connectivity index is 1.60. The van der Waals surface area contributed by atoms with E-state index in [1.165, 1.54) is 12.7 Å². The first kappa shape index (κ1) is 18.2. The molecule has 0 spiro atoms. The van der Waals surface area contributed by atoms with Gasteiger partial charge in [0.1, 0.15) is 0 Å². The van der Waals surface area contributed by atoms with E-state index in [2.05, 4.69) is 48.7 Å². The summed E-state index contributed by atoms with van der Waals surface area (Å²) in [7, 11) is 0. The summed E-state index contributed by atoms with van der Waals surface area (Å²) in [5.74, 6) is 0.521. The number of anilines is 1. The Hall–Kier alpha value is -2.60. The Morgan fingerprint density at radius 3 is 2.50 bits per heavy atom. The van der Waals surface area contributed by atoms with Gasteiger partial charge in [-0.25, -0.2) is 0 Å². The fourth-order valence-corrected chi connectivity index (χ4v) is 4.73. The molecule has 0 bridgehead atoms. The van der Waals surface area contributed by atoms with E-state index in [4.69, 9.17) is 4.74 Å². The Kier molecular flexibility index (Phi) is 6.44. The third-order valence-electron chi connectivity index (χ3n) is 3.46. The summed E-state index contributed by atoms with van der Waals surface area (Å²) >= 11 is -0.270. The van der Waals surface area contributed by atoms with Crippen molar-refractivity contribution in [1.82, 2.24) is 0 Å². The minimum atomic E-state index is -0.489. The fourth-order valence-electron chi connectivity index (χ4n) is 2.25. The van der Waals surface area contributed by atoms with Gasteiger partial charge in [0.15, 0.2) is 0 Å². The number of carbonyl (C=O) groups excluding carboxylic acids is 1. The number of allylic oxidation sites excluding steroid dienone is 8. The van der Waals surface area contributed by atoms with Gasteiger partial charge in [0.25, 0.3) is 0 Å². The topological polar surface area (TPSA) is 38.3 Å². The van der Waals surface area contributed by atoms with Gasteiger partial charge in [0.2, 0.25) is 0 Å². The van der Waals surface area contributed by atoms with Crippen molar-refractivity contribution >= 4 is 11.8 Å². The normalized spacial score (nSPS) is 19.9. The average Bonchev–Trinajstić information content (AvgIpc) is 2.62. The van der Waals surface area contributed by atoms with E-state index in [-0.39, 0.29) is 21.2 Å². The van der Waals surface area contributed by atoms with E-state index in [0.717, 1.165) is 5.69 Å². The third kappa shape index (κ3) is 5.74. The molecule has 1 aliphatic carbocycles. The molecule has 2 aromatic rings. The molecule has 3 rings (SSSR count). The van der Waals surface area contributed by atoms with Crippen LogP contribution in [-0.4, -0.2) is 6.09 Å². The van der Waals surface area contributed by atoms with Crippen LogP contribution in [-0.2, 0) is 0 Å². The minimum absolute atomic E-state index is 0.270. The fraction of sp³-hybridized carbons (Fsp3) is 0.0455. The van der Waals surface area contributed by atoms with Gasteiger partial charge in [-0.15, -0.1) is 0 Å². The van der Waals surface area contributed by atoms with E-state index in [0.29, 0.717) is 5.75 Å². The van der Waals surface area contributed by atoms with Crippen molar-refractivity contribution < 1.29 is 30.7 Å². The molecule has 0 saturated heterocycles. The molecule has 1 aliphatic rings. The molecule has 4 heteroatoms. The second-order valence-electron chi connectivity index (χ2n) is 5.61. The molecule has 0 fully saturated rings. The van der Waals surface area contributed by atoms with Gasteiger partial charge < -0.3 is 0 Å². The summed E-state index contributed by atoms with van der Waals surface area (Å²) in [5, 5.41) is 2.75. The van der Waals surface area contributed by atoms with Crippen LogP contribution in [0.1, 0.15) is 6.92 Å². The molecule has 0 radical (unpaired) electrons. The molecule has 0 aliphatic heterocycles. The van der Waals surface area contributed by atoms with Crippen LogP contribution in [0.4, 0.5) is 10.5 Å². The number of carbonyl (C=O) groups is 1. The monoisotopic (exact) mass is 456 g/mol. The summed E-state index contributed by atoms with van der Waals surface area (Å²) in [4.78, 5) is 11.9. The van der Waals surface area contributed by atoms with Crippen molar-refractivity contribution in [3.05, 3.63) is 104 Å². The van der Waals surface area contributed by atoms with Crippen molar-refractivity contribution in [3.8, 4) is 5.75 Å². The van der Waals surface area contributed by atoms with Gasteiger partial charge in [0.05, 0.1) is 0 Å². The van der Waals surface area contributed by atoms with E-state index in [1.54, 1.807) is 12.1 Å². The number of amides is 1. The van der Waals surface area contributed by atoms with E-state index >= 15 is 0 Å². The van der Waals surface area contributed by atoms with Crippen LogP contribution in [0.25, 0.3) is 0 Å². The van der Waals surface area contributed by atoms with E-state index < -0.39 is 6.09 Å². The Bertz CT molecular complexity index is 878. The van der Waals surface area contributed by atoms with Crippen LogP contribution in [0.2, 0.25) is 0 Å². The second kappa shape index (κ2) is 9.20. The number of hydrogen-bond acceptors (Lipinski definition) is 2. The van der Waals surface area contributed by atoms with Gasteiger partial charge in [0, 0.05) is 0 Å². The first-order valence-corrected chi connectivity index (χ1v) is 10.4. The molecule has 2 aromatic carbocycles. The average molecular weight is 456 g/mol. The molecule has 0 heterocycles. The quantitative estimate of drug-likeness (QED) is 0.719.